The predicted octanol–water partition coefficient (Wildman–Crippen LogP) is 1.12. The molecule has 0 heterocycles. The Balaban J connectivity index is 2.55. The molecular formula is C3H8P+. The number of hydrogen-bond acceptors (Lipinski definition) is 0. The third kappa shape index (κ3) is 2.17. The molecule has 0 aromatic rings. The third-order valence-corrected chi connectivity index (χ3v) is 0.866. The van der Waals surface area contributed by atoms with Crippen molar-refractivity contribution in [2.45, 2.75) is 6.92 Å². The molecule has 0 aliphatic carbocycles. The Morgan fingerprint density at radius 1 is 1.75 bits per heavy atom. The number of rotatable bonds is 0. The molecule has 0 radical (unpaired) electrons. The van der Waals surface area contributed by atoms with Gasteiger partial charge in [-0.15, -0.1) is 0 Å². The average Bonchev–Trinajstić information content (AvgIpc) is 1.37. The summed E-state index contributed by atoms with van der Waals surface area (Å²) in [5, 5.41) is 0. The van der Waals surface area contributed by atoms with Crippen LogP contribution < -0.4 is 0 Å². The molecule has 0 aliphatic rings. The van der Waals surface area contributed by atoms with Crippen LogP contribution in [-0.2, 0) is 0 Å². The van der Waals surface area contributed by atoms with Crippen LogP contribution in [0.4, 0.5) is 0 Å². The molecule has 24 valence electrons. The maximum atomic E-state index is 2.15. The van der Waals surface area contributed by atoms with Crippen molar-refractivity contribution in [3.63, 3.8) is 0 Å². The van der Waals surface area contributed by atoms with Gasteiger partial charge in [0.2, 0.25) is 0 Å². The Morgan fingerprint density at radius 3 is 2.00 bits per heavy atom. The monoisotopic (exact) mass is 75.0 g/mol. The van der Waals surface area contributed by atoms with E-state index < -0.39 is 0 Å². The van der Waals surface area contributed by atoms with Crippen molar-refractivity contribution in [3.8, 4) is 0 Å². The highest BCUT2D eigenvalue weighted by Gasteiger charge is 1.48. The van der Waals surface area contributed by atoms with E-state index in [0.717, 1.165) is 8.20 Å². The van der Waals surface area contributed by atoms with E-state index in [1.165, 1.54) is 0 Å². The summed E-state index contributed by atoms with van der Waals surface area (Å²) in [6.07, 6.45) is 0. The average molecular weight is 75.1 g/mol. The molecule has 1 atom stereocenters. The van der Waals surface area contributed by atoms with Crippen molar-refractivity contribution < 1.29 is 0 Å². The summed E-state index contributed by atoms with van der Waals surface area (Å²) in [5.74, 6) is 2.15. The smallest absolute Gasteiger partial charge is 0.00726 e. The van der Waals surface area contributed by atoms with Gasteiger partial charge in [0.05, 0.1) is 20.7 Å². The zero-order valence-corrected chi connectivity index (χ0v) is 4.08. The minimum Gasteiger partial charge on any atom is -0.00726 e. The Labute approximate surface area is 28.6 Å². The van der Waals surface area contributed by atoms with Gasteiger partial charge >= 0.3 is 0 Å². The lowest BCUT2D eigenvalue weighted by Gasteiger charge is -1.35. The summed E-state index contributed by atoms with van der Waals surface area (Å²) in [6.45, 7) is 4.22. The van der Waals surface area contributed by atoms with E-state index in [1.807, 2.05) is 0 Å². The minimum absolute atomic E-state index is 1.02. The van der Waals surface area contributed by atoms with E-state index >= 15 is 0 Å². The Bertz CT molecular complexity index is 18.5. The molecule has 0 rings (SSSR count). The highest BCUT2D eigenvalue weighted by atomic mass is 31.1. The fourth-order valence-corrected chi connectivity index (χ4v) is 0. The van der Waals surface area contributed by atoms with E-state index in [4.69, 9.17) is 0 Å². The van der Waals surface area contributed by atoms with Crippen LogP contribution in [0, 0.1) is 0 Å². The van der Waals surface area contributed by atoms with Crippen LogP contribution in [0.5, 0.6) is 0 Å². The Hall–Kier alpha value is 0.170. The summed E-state index contributed by atoms with van der Waals surface area (Å²) < 4.78 is 0. The van der Waals surface area contributed by atoms with Gasteiger partial charge in [0, 0.05) is 0 Å². The van der Waals surface area contributed by atoms with Crippen molar-refractivity contribution in [2.24, 2.45) is 0 Å². The maximum absolute atomic E-state index is 2.15. The minimum atomic E-state index is 1.02. The topological polar surface area (TPSA) is 0 Å². The van der Waals surface area contributed by atoms with Gasteiger partial charge < -0.3 is 0 Å². The fraction of sp³-hybridized carbons (Fsp3) is 0.667. The summed E-state index contributed by atoms with van der Waals surface area (Å²) in [6, 6.07) is 0. The predicted molar refractivity (Wildman–Crippen MR) is 26.0 cm³/mol. The molecule has 4 heavy (non-hydrogen) atoms. The normalized spacial score (nSPS) is 9.50. The molecule has 0 amide bonds. The zero-order chi connectivity index (χ0) is 3.41. The van der Waals surface area contributed by atoms with Crippen molar-refractivity contribution in [3.05, 3.63) is 0 Å². The molecule has 0 bridgehead atoms. The SMILES string of the molecule is C/C=[PH+]\C. The van der Waals surface area contributed by atoms with Crippen LogP contribution in [0.1, 0.15) is 6.92 Å². The molecule has 0 spiro atoms. The highest BCUT2D eigenvalue weighted by molar-refractivity contribution is 7.37. The summed E-state index contributed by atoms with van der Waals surface area (Å²) in [7, 11) is 1.02. The van der Waals surface area contributed by atoms with Crippen molar-refractivity contribution >= 4 is 14.0 Å². The van der Waals surface area contributed by atoms with Crippen molar-refractivity contribution in [2.75, 3.05) is 6.66 Å². The van der Waals surface area contributed by atoms with E-state index in [9.17, 15) is 0 Å². The second-order valence-corrected chi connectivity index (χ2v) is 1.73. The molecule has 0 fully saturated rings. The van der Waals surface area contributed by atoms with E-state index in [0.29, 0.717) is 0 Å². The van der Waals surface area contributed by atoms with Crippen LogP contribution in [0.3, 0.4) is 0 Å². The molecule has 1 unspecified atom stereocenters. The Morgan fingerprint density at radius 2 is 2.00 bits per heavy atom. The molecule has 0 saturated carbocycles. The first kappa shape index (κ1) is 4.17. The first-order valence-corrected chi connectivity index (χ1v) is 2.94. The fourth-order valence-electron chi connectivity index (χ4n) is 0. The molecule has 0 N–H and O–H groups in total. The van der Waals surface area contributed by atoms with Gasteiger partial charge in [-0.1, -0.05) is 0 Å². The van der Waals surface area contributed by atoms with Gasteiger partial charge in [0.15, 0.2) is 0 Å². The van der Waals surface area contributed by atoms with Gasteiger partial charge in [0.25, 0.3) is 0 Å². The molecule has 0 nitrogen and oxygen atoms in total. The highest BCUT2D eigenvalue weighted by Crippen LogP contribution is 1.74. The van der Waals surface area contributed by atoms with Gasteiger partial charge in [0.1, 0.15) is 0 Å². The zero-order valence-electron chi connectivity index (χ0n) is 3.08. The summed E-state index contributed by atoms with van der Waals surface area (Å²) >= 11 is 0. The third-order valence-electron chi connectivity index (χ3n) is 0.289. The van der Waals surface area contributed by atoms with Crippen LogP contribution in [-0.4, -0.2) is 12.5 Å². The largest absolute Gasteiger partial charge is 0.0933 e. The van der Waals surface area contributed by atoms with E-state index in [2.05, 4.69) is 19.4 Å². The van der Waals surface area contributed by atoms with Crippen molar-refractivity contribution in [1.29, 1.82) is 0 Å². The van der Waals surface area contributed by atoms with Gasteiger partial charge in [-0.3, -0.25) is 0 Å². The lowest BCUT2D eigenvalue weighted by Crippen LogP contribution is -1.33. The standard InChI is InChI=1S/C3H7P/c1-3-4-2/h3H,1-2H3/p+1. The molecule has 0 aromatic heterocycles. The van der Waals surface area contributed by atoms with Gasteiger partial charge in [-0.25, -0.2) is 0 Å². The lowest BCUT2D eigenvalue weighted by atomic mass is 11.0. The first-order chi connectivity index (χ1) is 1.91. The van der Waals surface area contributed by atoms with E-state index in [1.54, 1.807) is 0 Å². The molecule has 0 saturated heterocycles. The maximum Gasteiger partial charge on any atom is 0.0933 e. The summed E-state index contributed by atoms with van der Waals surface area (Å²) in [5.41, 5.74) is 0. The van der Waals surface area contributed by atoms with Crippen LogP contribution in [0.2, 0.25) is 0 Å². The first-order valence-electron chi connectivity index (χ1n) is 1.37. The molecular weight excluding hydrogens is 67.0 g/mol. The van der Waals surface area contributed by atoms with Crippen LogP contribution in [0.25, 0.3) is 0 Å². The van der Waals surface area contributed by atoms with E-state index in [-0.39, 0.29) is 0 Å². The van der Waals surface area contributed by atoms with Crippen molar-refractivity contribution in [1.82, 2.24) is 0 Å². The number of hydrogen-bond donors (Lipinski definition) is 0. The molecule has 1 heteroatoms. The second kappa shape index (κ2) is 3.17. The van der Waals surface area contributed by atoms with Gasteiger partial charge in [-0.2, -0.15) is 0 Å². The van der Waals surface area contributed by atoms with Crippen LogP contribution >= 0.6 is 8.20 Å². The summed E-state index contributed by atoms with van der Waals surface area (Å²) in [4.78, 5) is 0. The molecule has 0 aliphatic heterocycles. The molecule has 0 aromatic carbocycles. The Kier molecular flexibility index (Phi) is 3.30. The van der Waals surface area contributed by atoms with Crippen LogP contribution in [0.15, 0.2) is 0 Å². The quantitative estimate of drug-likeness (QED) is 0.378. The lowest BCUT2D eigenvalue weighted by molar-refractivity contribution is 2.13. The van der Waals surface area contributed by atoms with Gasteiger partial charge in [-0.05, 0) is 6.92 Å². The second-order valence-electron chi connectivity index (χ2n) is 0.577.